The zero-order valence-corrected chi connectivity index (χ0v) is 21.0. The summed E-state index contributed by atoms with van der Waals surface area (Å²) in [4.78, 5) is 0. The molecule has 0 atom stereocenters. The van der Waals surface area contributed by atoms with Gasteiger partial charge in [-0.25, -0.2) is 8.78 Å². The number of alkyl halides is 6. The average Bonchev–Trinajstić information content (AvgIpc) is 2.87. The lowest BCUT2D eigenvalue weighted by molar-refractivity contribution is -0.305. The molecule has 0 aliphatic carbocycles. The van der Waals surface area contributed by atoms with Gasteiger partial charge in [-0.1, -0.05) is 37.3 Å². The molecule has 40 heavy (non-hydrogen) atoms. The van der Waals surface area contributed by atoms with Crippen molar-refractivity contribution >= 4 is 5.57 Å². The molecular formula is C28H22F8O4. The van der Waals surface area contributed by atoms with Gasteiger partial charge in [-0.2, -0.15) is 0 Å². The highest BCUT2D eigenvalue weighted by Crippen LogP contribution is 2.31. The van der Waals surface area contributed by atoms with Gasteiger partial charge in [0, 0.05) is 0 Å². The predicted molar refractivity (Wildman–Crippen MR) is 130 cm³/mol. The molecule has 0 unspecified atom stereocenters. The highest BCUT2D eigenvalue weighted by Gasteiger charge is 2.33. The summed E-state index contributed by atoms with van der Waals surface area (Å²) < 4.78 is 120. The van der Waals surface area contributed by atoms with Crippen molar-refractivity contribution in [1.29, 1.82) is 0 Å². The van der Waals surface area contributed by atoms with Crippen LogP contribution in [0.25, 0.3) is 16.7 Å². The third-order valence-electron chi connectivity index (χ3n) is 5.31. The van der Waals surface area contributed by atoms with Gasteiger partial charge < -0.3 is 18.9 Å². The zero-order valence-electron chi connectivity index (χ0n) is 21.0. The molecule has 0 aliphatic heterocycles. The van der Waals surface area contributed by atoms with Gasteiger partial charge >= 0.3 is 12.7 Å². The van der Waals surface area contributed by atoms with Gasteiger partial charge in [0.25, 0.3) is 0 Å². The van der Waals surface area contributed by atoms with E-state index in [1.165, 1.54) is 6.07 Å². The van der Waals surface area contributed by atoms with Crippen LogP contribution in [0.4, 0.5) is 35.1 Å². The Kier molecular flexibility index (Phi) is 9.67. The highest BCUT2D eigenvalue weighted by molar-refractivity contribution is 5.68. The maximum absolute atomic E-state index is 14.1. The minimum atomic E-state index is -5.00. The molecule has 0 saturated heterocycles. The van der Waals surface area contributed by atoms with E-state index in [0.29, 0.717) is 40.2 Å². The van der Waals surface area contributed by atoms with Crippen LogP contribution in [0.3, 0.4) is 0 Å². The molecule has 0 spiro atoms. The quantitative estimate of drug-likeness (QED) is 0.105. The minimum absolute atomic E-state index is 0.196. The second-order valence-electron chi connectivity index (χ2n) is 8.12. The SMILES string of the molecule is CC/C(=C\C(F)=C(/C)OC(F)(F)F)c1ccc(OCOc2ccc(-c3ccc(OC(F)(F)F)c(F)c3)cc2)cc1. The molecule has 0 amide bonds. The number of allylic oxidation sites excluding steroid dienone is 4. The number of hydrogen-bond acceptors (Lipinski definition) is 4. The molecule has 12 heteroatoms. The Morgan fingerprint density at radius 2 is 1.32 bits per heavy atom. The van der Waals surface area contributed by atoms with Crippen molar-refractivity contribution in [2.24, 2.45) is 0 Å². The van der Waals surface area contributed by atoms with E-state index in [4.69, 9.17) is 9.47 Å². The largest absolute Gasteiger partial charge is 0.573 e. The highest BCUT2D eigenvalue weighted by atomic mass is 19.4. The number of ether oxygens (including phenoxy) is 4. The monoisotopic (exact) mass is 574 g/mol. The fourth-order valence-electron chi connectivity index (χ4n) is 3.43. The van der Waals surface area contributed by atoms with Crippen LogP contribution in [0.1, 0.15) is 25.8 Å². The van der Waals surface area contributed by atoms with Gasteiger partial charge in [0.2, 0.25) is 6.79 Å². The summed E-state index contributed by atoms with van der Waals surface area (Å²) in [6.07, 6.45) is -8.68. The van der Waals surface area contributed by atoms with Gasteiger partial charge in [0.1, 0.15) is 17.3 Å². The summed E-state index contributed by atoms with van der Waals surface area (Å²) >= 11 is 0. The fourth-order valence-corrected chi connectivity index (χ4v) is 3.43. The number of benzene rings is 3. The molecule has 4 nitrogen and oxygen atoms in total. The second-order valence-corrected chi connectivity index (χ2v) is 8.12. The first-order chi connectivity index (χ1) is 18.7. The summed E-state index contributed by atoms with van der Waals surface area (Å²) in [6, 6.07) is 15.7. The Labute approximate surface area is 224 Å². The van der Waals surface area contributed by atoms with Crippen LogP contribution in [0, 0.1) is 5.82 Å². The molecule has 0 saturated carbocycles. The average molecular weight is 574 g/mol. The minimum Gasteiger partial charge on any atom is -0.458 e. The van der Waals surface area contributed by atoms with E-state index in [1.54, 1.807) is 55.5 Å². The van der Waals surface area contributed by atoms with E-state index in [-0.39, 0.29) is 6.79 Å². The van der Waals surface area contributed by atoms with Crippen molar-refractivity contribution < 1.29 is 54.1 Å². The van der Waals surface area contributed by atoms with Crippen molar-refractivity contribution in [2.75, 3.05) is 6.79 Å². The Hall–Kier alpha value is -4.22. The van der Waals surface area contributed by atoms with E-state index in [1.807, 2.05) is 0 Å². The van der Waals surface area contributed by atoms with Gasteiger partial charge in [0.15, 0.2) is 17.4 Å². The van der Waals surface area contributed by atoms with E-state index in [2.05, 4.69) is 9.47 Å². The van der Waals surface area contributed by atoms with Crippen LogP contribution in [0.5, 0.6) is 17.2 Å². The van der Waals surface area contributed by atoms with Crippen LogP contribution in [-0.4, -0.2) is 19.5 Å². The Bertz CT molecular complexity index is 1340. The van der Waals surface area contributed by atoms with Crippen molar-refractivity contribution in [3.8, 4) is 28.4 Å². The third-order valence-corrected chi connectivity index (χ3v) is 5.31. The topological polar surface area (TPSA) is 36.9 Å². The molecule has 0 aromatic heterocycles. The summed E-state index contributed by atoms with van der Waals surface area (Å²) in [5, 5.41) is 0. The number of rotatable bonds is 10. The first-order valence-electron chi connectivity index (χ1n) is 11.6. The van der Waals surface area contributed by atoms with Gasteiger partial charge in [-0.3, -0.25) is 0 Å². The van der Waals surface area contributed by atoms with Crippen molar-refractivity contribution in [1.82, 2.24) is 0 Å². The third kappa shape index (κ3) is 9.21. The van der Waals surface area contributed by atoms with E-state index >= 15 is 0 Å². The lowest BCUT2D eigenvalue weighted by Gasteiger charge is -2.12. The van der Waals surface area contributed by atoms with Crippen molar-refractivity contribution in [3.05, 3.63) is 95.8 Å². The normalized spacial score (nSPS) is 13.0. The predicted octanol–water partition coefficient (Wildman–Crippen LogP) is 9.34. The molecule has 3 aromatic carbocycles. The van der Waals surface area contributed by atoms with Crippen LogP contribution in [-0.2, 0) is 4.74 Å². The molecule has 0 fully saturated rings. The zero-order chi connectivity index (χ0) is 29.5. The molecule has 3 rings (SSSR count). The van der Waals surface area contributed by atoms with Gasteiger partial charge in [-0.15, -0.1) is 26.3 Å². The van der Waals surface area contributed by atoms with E-state index in [9.17, 15) is 35.1 Å². The standard InChI is InChI=1S/C28H22F8O4/c1-3-18(14-24(29)17(2)39-27(31,32)33)19-4-9-22(10-5-19)37-16-38-23-11-6-20(7-12-23)21-8-13-26(25(30)15-21)40-28(34,35)36/h4-15H,3,16H2,1-2H3/b18-14+,24-17-. The van der Waals surface area contributed by atoms with Gasteiger partial charge in [-0.05, 0) is 78.1 Å². The first-order valence-corrected chi connectivity index (χ1v) is 11.6. The van der Waals surface area contributed by atoms with Crippen LogP contribution >= 0.6 is 0 Å². The van der Waals surface area contributed by atoms with Crippen LogP contribution in [0.2, 0.25) is 0 Å². The van der Waals surface area contributed by atoms with Crippen molar-refractivity contribution in [2.45, 2.75) is 33.0 Å². The molecule has 0 aliphatic rings. The lowest BCUT2D eigenvalue weighted by atomic mass is 10.0. The molecular weight excluding hydrogens is 552 g/mol. The van der Waals surface area contributed by atoms with Crippen molar-refractivity contribution in [3.63, 3.8) is 0 Å². The summed E-state index contributed by atoms with van der Waals surface area (Å²) in [5.41, 5.74) is 1.85. The second kappa shape index (κ2) is 12.8. The van der Waals surface area contributed by atoms with Crippen LogP contribution < -0.4 is 14.2 Å². The van der Waals surface area contributed by atoms with E-state index < -0.39 is 35.9 Å². The summed E-state index contributed by atoms with van der Waals surface area (Å²) in [7, 11) is 0. The van der Waals surface area contributed by atoms with Crippen LogP contribution in [0.15, 0.2) is 84.4 Å². The fraction of sp³-hybridized carbons (Fsp3) is 0.214. The number of halogens is 8. The molecule has 0 radical (unpaired) electrons. The summed E-state index contributed by atoms with van der Waals surface area (Å²) in [5.74, 6) is -3.34. The summed E-state index contributed by atoms with van der Waals surface area (Å²) in [6.45, 7) is 2.40. The smallest absolute Gasteiger partial charge is 0.458 e. The number of hydrogen-bond donors (Lipinski definition) is 0. The Morgan fingerprint density at radius 1 is 0.775 bits per heavy atom. The molecule has 0 heterocycles. The first kappa shape index (κ1) is 30.3. The molecule has 3 aromatic rings. The maximum Gasteiger partial charge on any atom is 0.573 e. The maximum atomic E-state index is 14.1. The molecule has 0 bridgehead atoms. The molecule has 214 valence electrons. The molecule has 0 N–H and O–H groups in total. The Morgan fingerprint density at radius 3 is 1.82 bits per heavy atom. The van der Waals surface area contributed by atoms with E-state index in [0.717, 1.165) is 25.1 Å². The Balaban J connectivity index is 1.57. The lowest BCUT2D eigenvalue weighted by Crippen LogP contribution is -2.17. The van der Waals surface area contributed by atoms with Gasteiger partial charge in [0.05, 0.1) is 0 Å².